The van der Waals surface area contributed by atoms with Crippen LogP contribution in [-0.2, 0) is 16.0 Å². The number of aliphatic carboxylic acids is 1. The second-order valence-corrected chi connectivity index (χ2v) is 7.82. The van der Waals surface area contributed by atoms with Gasteiger partial charge in [0.2, 0.25) is 0 Å². The van der Waals surface area contributed by atoms with Gasteiger partial charge in [0.15, 0.2) is 0 Å². The summed E-state index contributed by atoms with van der Waals surface area (Å²) < 4.78 is 10.7. The third-order valence-corrected chi connectivity index (χ3v) is 5.76. The number of hydrogen-bond donors (Lipinski definition) is 2. The van der Waals surface area contributed by atoms with Crippen molar-refractivity contribution in [2.45, 2.75) is 12.3 Å². The minimum absolute atomic E-state index is 0.0589. The molecule has 1 heterocycles. The Morgan fingerprint density at radius 2 is 1.61 bits per heavy atom. The van der Waals surface area contributed by atoms with Gasteiger partial charge in [-0.2, -0.15) is 0 Å². The Morgan fingerprint density at radius 1 is 0.939 bits per heavy atom. The van der Waals surface area contributed by atoms with E-state index in [2.05, 4.69) is 17.4 Å². The summed E-state index contributed by atoms with van der Waals surface area (Å²) in [5, 5.41) is 12.2. The predicted octanol–water partition coefficient (Wildman–Crippen LogP) is 4.78. The van der Waals surface area contributed by atoms with Crippen LogP contribution in [-0.4, -0.2) is 23.8 Å². The summed E-state index contributed by atoms with van der Waals surface area (Å²) in [5.41, 5.74) is 4.77. The number of rotatable bonds is 5. The summed E-state index contributed by atoms with van der Waals surface area (Å²) in [6.45, 7) is 0.172. The summed E-state index contributed by atoms with van der Waals surface area (Å²) in [5.74, 6) is -1.11. The molecule has 0 atom stereocenters. The molecule has 2 N–H and O–H groups in total. The Morgan fingerprint density at radius 3 is 2.27 bits per heavy atom. The maximum Gasteiger partial charge on any atom is 0.411 e. The summed E-state index contributed by atoms with van der Waals surface area (Å²) in [6.07, 6.45) is -0.943. The zero-order valence-electron chi connectivity index (χ0n) is 17.4. The summed E-state index contributed by atoms with van der Waals surface area (Å²) in [4.78, 5) is 35.4. The quantitative estimate of drug-likeness (QED) is 0.432. The number of benzene rings is 3. The van der Waals surface area contributed by atoms with E-state index in [9.17, 15) is 14.4 Å². The van der Waals surface area contributed by atoms with Gasteiger partial charge in [-0.15, -0.1) is 0 Å². The molecule has 4 aromatic rings. The van der Waals surface area contributed by atoms with E-state index in [-0.39, 0.29) is 24.5 Å². The van der Waals surface area contributed by atoms with Crippen molar-refractivity contribution < 1.29 is 23.8 Å². The van der Waals surface area contributed by atoms with E-state index in [4.69, 9.17) is 14.3 Å². The second-order valence-electron chi connectivity index (χ2n) is 7.82. The minimum atomic E-state index is -1.05. The maximum absolute atomic E-state index is 12.5. The smallest absolute Gasteiger partial charge is 0.411 e. The van der Waals surface area contributed by atoms with Crippen LogP contribution < -0.4 is 10.9 Å². The van der Waals surface area contributed by atoms with E-state index >= 15 is 0 Å². The molecule has 33 heavy (non-hydrogen) atoms. The number of carbonyl (C=O) groups is 2. The molecule has 0 fully saturated rings. The van der Waals surface area contributed by atoms with Crippen molar-refractivity contribution in [3.05, 3.63) is 99.9 Å². The number of ether oxygens (including phenoxy) is 1. The predicted molar refractivity (Wildman–Crippen MR) is 123 cm³/mol. The highest BCUT2D eigenvalue weighted by Gasteiger charge is 2.29. The van der Waals surface area contributed by atoms with Crippen LogP contribution in [0.1, 0.15) is 22.6 Å². The summed E-state index contributed by atoms with van der Waals surface area (Å²) in [7, 11) is 0. The molecule has 0 saturated carbocycles. The number of nitrogens with one attached hydrogen (secondary N) is 1. The van der Waals surface area contributed by atoms with Gasteiger partial charge < -0.3 is 14.3 Å². The largest absolute Gasteiger partial charge is 0.481 e. The molecule has 164 valence electrons. The number of fused-ring (bicyclic) bond motifs is 4. The Labute approximate surface area is 188 Å². The van der Waals surface area contributed by atoms with Gasteiger partial charge in [0, 0.05) is 29.1 Å². The lowest BCUT2D eigenvalue weighted by Gasteiger charge is -2.14. The molecular formula is C26H19NO6. The fourth-order valence-corrected chi connectivity index (χ4v) is 4.37. The van der Waals surface area contributed by atoms with Gasteiger partial charge in [-0.1, -0.05) is 48.5 Å². The van der Waals surface area contributed by atoms with Crippen LogP contribution in [0.25, 0.3) is 22.1 Å². The van der Waals surface area contributed by atoms with E-state index in [1.807, 2.05) is 36.4 Å². The number of carboxylic acids is 1. The van der Waals surface area contributed by atoms with Crippen molar-refractivity contribution in [3.8, 4) is 11.1 Å². The van der Waals surface area contributed by atoms with Crippen molar-refractivity contribution in [1.82, 2.24) is 0 Å². The zero-order valence-corrected chi connectivity index (χ0v) is 17.4. The topological polar surface area (TPSA) is 106 Å². The van der Waals surface area contributed by atoms with Crippen LogP contribution in [0.5, 0.6) is 0 Å². The van der Waals surface area contributed by atoms with E-state index in [1.165, 1.54) is 6.07 Å². The normalized spacial score (nSPS) is 12.2. The van der Waals surface area contributed by atoms with Gasteiger partial charge in [-0.3, -0.25) is 10.1 Å². The first-order valence-corrected chi connectivity index (χ1v) is 10.4. The molecule has 3 aromatic carbocycles. The number of carbonyl (C=O) groups excluding carboxylic acids is 1. The third-order valence-electron chi connectivity index (χ3n) is 5.76. The van der Waals surface area contributed by atoms with Crippen molar-refractivity contribution in [2.75, 3.05) is 11.9 Å². The Bertz CT molecular complexity index is 1410. The van der Waals surface area contributed by atoms with Gasteiger partial charge in [-0.25, -0.2) is 9.59 Å². The lowest BCUT2D eigenvalue weighted by Crippen LogP contribution is -2.18. The second kappa shape index (κ2) is 8.27. The highest BCUT2D eigenvalue weighted by atomic mass is 16.5. The molecule has 1 amide bonds. The number of hydrogen-bond acceptors (Lipinski definition) is 5. The van der Waals surface area contributed by atoms with Crippen molar-refractivity contribution in [2.24, 2.45) is 0 Å². The fraction of sp³-hybridized carbons (Fsp3) is 0.115. The molecule has 0 radical (unpaired) electrons. The van der Waals surface area contributed by atoms with Gasteiger partial charge in [0.05, 0.1) is 6.42 Å². The number of amides is 1. The van der Waals surface area contributed by atoms with E-state index in [0.29, 0.717) is 16.6 Å². The van der Waals surface area contributed by atoms with Crippen molar-refractivity contribution >= 4 is 28.7 Å². The van der Waals surface area contributed by atoms with Crippen LogP contribution >= 0.6 is 0 Å². The Hall–Kier alpha value is -4.39. The monoisotopic (exact) mass is 441 g/mol. The average molecular weight is 441 g/mol. The van der Waals surface area contributed by atoms with Crippen LogP contribution in [0.3, 0.4) is 0 Å². The maximum atomic E-state index is 12.5. The first kappa shape index (κ1) is 20.5. The van der Waals surface area contributed by atoms with Crippen LogP contribution in [0.4, 0.5) is 10.5 Å². The highest BCUT2D eigenvalue weighted by Crippen LogP contribution is 2.44. The standard InChI is InChI=1S/C26H19NO6/c28-24(29)11-15-12-25(30)33-23-13-16(9-10-17(15)23)27-26(31)32-14-22-20-7-3-1-5-18(20)19-6-2-4-8-21(19)22/h1-10,12-13,22H,11,14H2,(H,27,31)(H,28,29). The van der Waals surface area contributed by atoms with E-state index in [1.54, 1.807) is 12.1 Å². The zero-order chi connectivity index (χ0) is 22.9. The minimum Gasteiger partial charge on any atom is -0.481 e. The highest BCUT2D eigenvalue weighted by molar-refractivity contribution is 5.91. The molecule has 5 rings (SSSR count). The van der Waals surface area contributed by atoms with E-state index in [0.717, 1.165) is 28.3 Å². The number of carboxylic acid groups (broad SMARTS) is 1. The van der Waals surface area contributed by atoms with E-state index < -0.39 is 17.7 Å². The number of anilines is 1. The molecule has 1 aliphatic carbocycles. The lowest BCUT2D eigenvalue weighted by atomic mass is 9.98. The van der Waals surface area contributed by atoms with Crippen molar-refractivity contribution in [1.29, 1.82) is 0 Å². The van der Waals surface area contributed by atoms with Crippen LogP contribution in [0, 0.1) is 0 Å². The summed E-state index contributed by atoms with van der Waals surface area (Å²) in [6, 6.07) is 22.0. The fourth-order valence-electron chi connectivity index (χ4n) is 4.37. The van der Waals surface area contributed by atoms with Crippen LogP contribution in [0.2, 0.25) is 0 Å². The Balaban J connectivity index is 1.33. The summed E-state index contributed by atoms with van der Waals surface area (Å²) >= 11 is 0. The van der Waals surface area contributed by atoms with Gasteiger partial charge >= 0.3 is 17.7 Å². The molecule has 7 nitrogen and oxygen atoms in total. The molecular weight excluding hydrogens is 422 g/mol. The van der Waals surface area contributed by atoms with Gasteiger partial charge in [0.25, 0.3) is 0 Å². The molecule has 0 unspecified atom stereocenters. The third kappa shape index (κ3) is 3.96. The SMILES string of the molecule is O=C(O)Cc1cc(=O)oc2cc(NC(=O)OCC3c4ccccc4-c4ccccc43)ccc12. The molecule has 0 spiro atoms. The molecule has 7 heteroatoms. The van der Waals surface area contributed by atoms with Gasteiger partial charge in [-0.05, 0) is 39.9 Å². The first-order valence-electron chi connectivity index (χ1n) is 10.4. The molecule has 1 aliphatic rings. The molecule has 0 bridgehead atoms. The molecule has 0 saturated heterocycles. The Kier molecular flexibility index (Phi) is 5.14. The van der Waals surface area contributed by atoms with Gasteiger partial charge in [0.1, 0.15) is 12.2 Å². The lowest BCUT2D eigenvalue weighted by molar-refractivity contribution is -0.136. The first-order chi connectivity index (χ1) is 16.0. The van der Waals surface area contributed by atoms with Crippen LogP contribution in [0.15, 0.2) is 82.0 Å². The molecule has 0 aliphatic heterocycles. The van der Waals surface area contributed by atoms with Crippen molar-refractivity contribution in [3.63, 3.8) is 0 Å². The molecule has 1 aromatic heterocycles. The average Bonchev–Trinajstić information content (AvgIpc) is 3.11.